The van der Waals surface area contributed by atoms with E-state index in [1.165, 1.54) is 6.07 Å². The second-order valence-electron chi connectivity index (χ2n) is 5.02. The van der Waals surface area contributed by atoms with Crippen molar-refractivity contribution in [1.29, 1.82) is 0 Å². The predicted octanol–water partition coefficient (Wildman–Crippen LogP) is 2.55. The summed E-state index contributed by atoms with van der Waals surface area (Å²) in [4.78, 5) is 1.82. The molecule has 0 radical (unpaired) electrons. The first-order valence-electron chi connectivity index (χ1n) is 6.66. The third-order valence-corrected chi connectivity index (χ3v) is 3.74. The molecule has 0 spiro atoms. The van der Waals surface area contributed by atoms with Gasteiger partial charge >= 0.3 is 6.18 Å². The molecule has 0 aliphatic carbocycles. The first kappa shape index (κ1) is 15.1. The van der Waals surface area contributed by atoms with E-state index in [-0.39, 0.29) is 18.2 Å². The molecule has 1 fully saturated rings. The summed E-state index contributed by atoms with van der Waals surface area (Å²) >= 11 is 0. The average Bonchev–Trinajstić information content (AvgIpc) is 2.45. The van der Waals surface area contributed by atoms with Crippen LogP contribution in [0.5, 0.6) is 0 Å². The third-order valence-electron chi connectivity index (χ3n) is 3.74. The van der Waals surface area contributed by atoms with E-state index in [2.05, 4.69) is 0 Å². The minimum absolute atomic E-state index is 0.0664. The Morgan fingerprint density at radius 1 is 1.20 bits per heavy atom. The van der Waals surface area contributed by atoms with Gasteiger partial charge in [-0.05, 0) is 37.0 Å². The van der Waals surface area contributed by atoms with Gasteiger partial charge in [-0.2, -0.15) is 13.2 Å². The lowest BCUT2D eigenvalue weighted by Gasteiger charge is -2.37. The number of anilines is 1. The molecule has 2 rings (SSSR count). The van der Waals surface area contributed by atoms with Crippen LogP contribution in [0.3, 0.4) is 0 Å². The van der Waals surface area contributed by atoms with Crippen molar-refractivity contribution in [2.75, 3.05) is 18.1 Å². The van der Waals surface area contributed by atoms with Crippen LogP contribution in [0, 0.1) is 0 Å². The number of hydrogen-bond acceptors (Lipinski definition) is 3. The Kier molecular flexibility index (Phi) is 4.55. The van der Waals surface area contributed by atoms with Crippen LogP contribution < -0.4 is 4.90 Å². The molecule has 2 N–H and O–H groups in total. The zero-order chi connectivity index (χ0) is 14.8. The Morgan fingerprint density at radius 3 is 2.55 bits per heavy atom. The number of nitrogens with zero attached hydrogens (tertiary/aromatic N) is 1. The van der Waals surface area contributed by atoms with Crippen molar-refractivity contribution >= 4 is 5.69 Å². The van der Waals surface area contributed by atoms with Crippen LogP contribution in [0.4, 0.5) is 18.9 Å². The van der Waals surface area contributed by atoms with Gasteiger partial charge in [0.2, 0.25) is 0 Å². The first-order valence-corrected chi connectivity index (χ1v) is 6.66. The van der Waals surface area contributed by atoms with Gasteiger partial charge in [0.15, 0.2) is 0 Å². The quantitative estimate of drug-likeness (QED) is 0.898. The lowest BCUT2D eigenvalue weighted by Crippen LogP contribution is -2.42. The molecular weight excluding hydrogens is 271 g/mol. The van der Waals surface area contributed by atoms with E-state index in [0.717, 1.165) is 25.3 Å². The molecule has 1 heterocycles. The maximum absolute atomic E-state index is 13.0. The van der Waals surface area contributed by atoms with Crippen molar-refractivity contribution in [1.82, 2.24) is 0 Å². The van der Waals surface area contributed by atoms with Crippen LogP contribution in [0.1, 0.15) is 30.4 Å². The zero-order valence-corrected chi connectivity index (χ0v) is 11.0. The van der Waals surface area contributed by atoms with Gasteiger partial charge in [0, 0.05) is 12.2 Å². The molecular formula is C14H18F3NO2. The van der Waals surface area contributed by atoms with Crippen LogP contribution in [0.2, 0.25) is 0 Å². The predicted molar refractivity (Wildman–Crippen MR) is 69.4 cm³/mol. The average molecular weight is 289 g/mol. The molecule has 1 atom stereocenters. The normalized spacial score (nSPS) is 20.2. The van der Waals surface area contributed by atoms with Gasteiger partial charge in [0.1, 0.15) is 0 Å². The highest BCUT2D eigenvalue weighted by atomic mass is 19.4. The first-order chi connectivity index (χ1) is 9.47. The molecule has 6 heteroatoms. The SMILES string of the molecule is OCc1ccc(N2CCCCC2CO)cc1C(F)(F)F. The van der Waals surface area contributed by atoms with Gasteiger partial charge in [0.25, 0.3) is 0 Å². The van der Waals surface area contributed by atoms with Gasteiger partial charge in [-0.1, -0.05) is 6.07 Å². The molecule has 3 nitrogen and oxygen atoms in total. The van der Waals surface area contributed by atoms with Crippen molar-refractivity contribution in [2.45, 2.75) is 38.1 Å². The molecule has 1 aromatic rings. The highest BCUT2D eigenvalue weighted by Crippen LogP contribution is 2.36. The molecule has 0 bridgehead atoms. The van der Waals surface area contributed by atoms with E-state index in [0.29, 0.717) is 12.2 Å². The van der Waals surface area contributed by atoms with Crippen LogP contribution >= 0.6 is 0 Å². The zero-order valence-electron chi connectivity index (χ0n) is 11.0. The number of piperidine rings is 1. The Bertz CT molecular complexity index is 462. The van der Waals surface area contributed by atoms with Gasteiger partial charge < -0.3 is 15.1 Å². The largest absolute Gasteiger partial charge is 0.416 e. The second-order valence-corrected chi connectivity index (χ2v) is 5.02. The minimum atomic E-state index is -4.49. The lowest BCUT2D eigenvalue weighted by atomic mass is 10.00. The van der Waals surface area contributed by atoms with Crippen LogP contribution in [0.15, 0.2) is 18.2 Å². The Balaban J connectivity index is 2.37. The second kappa shape index (κ2) is 6.01. The van der Waals surface area contributed by atoms with Crippen molar-refractivity contribution in [3.05, 3.63) is 29.3 Å². The molecule has 0 amide bonds. The summed E-state index contributed by atoms with van der Waals surface area (Å²) in [6.07, 6.45) is -1.83. The summed E-state index contributed by atoms with van der Waals surface area (Å²) in [5.41, 5.74) is -0.480. The van der Waals surface area contributed by atoms with E-state index in [1.54, 1.807) is 6.07 Å². The molecule has 0 aromatic heterocycles. The lowest BCUT2D eigenvalue weighted by molar-refractivity contribution is -0.138. The number of alkyl halides is 3. The van der Waals surface area contributed by atoms with E-state index < -0.39 is 18.3 Å². The number of aliphatic hydroxyl groups is 2. The number of aliphatic hydroxyl groups excluding tert-OH is 2. The van der Waals surface area contributed by atoms with Crippen molar-refractivity contribution in [3.63, 3.8) is 0 Å². The van der Waals surface area contributed by atoms with E-state index in [1.807, 2.05) is 4.90 Å². The van der Waals surface area contributed by atoms with E-state index in [9.17, 15) is 18.3 Å². The summed E-state index contributed by atoms with van der Waals surface area (Å²) in [5.74, 6) is 0. The van der Waals surface area contributed by atoms with Gasteiger partial charge in [-0.3, -0.25) is 0 Å². The smallest absolute Gasteiger partial charge is 0.394 e. The summed E-state index contributed by atoms with van der Waals surface area (Å²) in [7, 11) is 0. The van der Waals surface area contributed by atoms with Gasteiger partial charge in [0.05, 0.1) is 24.8 Å². The molecule has 1 aromatic carbocycles. The van der Waals surface area contributed by atoms with Crippen molar-refractivity contribution in [3.8, 4) is 0 Å². The summed E-state index contributed by atoms with van der Waals surface area (Å²) in [5, 5.41) is 18.4. The summed E-state index contributed by atoms with van der Waals surface area (Å²) in [6, 6.07) is 3.82. The van der Waals surface area contributed by atoms with Crippen molar-refractivity contribution < 1.29 is 23.4 Å². The van der Waals surface area contributed by atoms with E-state index in [4.69, 9.17) is 5.11 Å². The Labute approximate surface area is 115 Å². The van der Waals surface area contributed by atoms with Crippen LogP contribution in [-0.4, -0.2) is 29.4 Å². The number of hydrogen-bond donors (Lipinski definition) is 2. The highest BCUT2D eigenvalue weighted by Gasteiger charge is 2.34. The topological polar surface area (TPSA) is 43.7 Å². The molecule has 112 valence electrons. The number of rotatable bonds is 3. The fourth-order valence-corrected chi connectivity index (χ4v) is 2.68. The summed E-state index contributed by atoms with van der Waals surface area (Å²) in [6.45, 7) is -0.0668. The van der Waals surface area contributed by atoms with E-state index >= 15 is 0 Å². The standard InChI is InChI=1S/C14H18F3NO2/c15-14(16,17)13-7-11(5-4-10(13)8-19)18-6-2-1-3-12(18)9-20/h4-5,7,12,19-20H,1-3,6,8-9H2. The van der Waals surface area contributed by atoms with Gasteiger partial charge in [-0.15, -0.1) is 0 Å². The maximum atomic E-state index is 13.0. The molecule has 1 unspecified atom stereocenters. The van der Waals surface area contributed by atoms with Gasteiger partial charge in [-0.25, -0.2) is 0 Å². The fraction of sp³-hybridized carbons (Fsp3) is 0.571. The molecule has 0 saturated carbocycles. The third kappa shape index (κ3) is 3.07. The minimum Gasteiger partial charge on any atom is -0.394 e. The molecule has 1 aliphatic heterocycles. The molecule has 20 heavy (non-hydrogen) atoms. The molecule has 1 saturated heterocycles. The van der Waals surface area contributed by atoms with Crippen LogP contribution in [0.25, 0.3) is 0 Å². The maximum Gasteiger partial charge on any atom is 0.416 e. The van der Waals surface area contributed by atoms with Crippen molar-refractivity contribution in [2.24, 2.45) is 0 Å². The monoisotopic (exact) mass is 289 g/mol. The Hall–Kier alpha value is -1.27. The molecule has 1 aliphatic rings. The van der Waals surface area contributed by atoms with Crippen LogP contribution in [-0.2, 0) is 12.8 Å². The number of halogens is 3. The number of benzene rings is 1. The fourth-order valence-electron chi connectivity index (χ4n) is 2.68. The Morgan fingerprint density at radius 2 is 1.95 bits per heavy atom. The highest BCUT2D eigenvalue weighted by molar-refractivity contribution is 5.53. The summed E-state index contributed by atoms with van der Waals surface area (Å²) < 4.78 is 38.9.